The SMILES string of the molecule is C=CCCCCC[C@H](NC(=O)OC(C)(C)C)C(=O)N1C[C@](OC)(c2ccc(-c3ccccc3)cc2)C[C@H]1C(=O)OC. The number of allylic oxidation sites excluding steroid dienone is 1. The van der Waals surface area contributed by atoms with Crippen LogP contribution in [0, 0.1) is 0 Å². The summed E-state index contributed by atoms with van der Waals surface area (Å²) in [7, 11) is 2.89. The van der Waals surface area contributed by atoms with E-state index in [1.807, 2.05) is 60.7 Å². The van der Waals surface area contributed by atoms with Gasteiger partial charge in [-0.05, 0) is 56.7 Å². The fourth-order valence-electron chi connectivity index (χ4n) is 5.24. The molecule has 41 heavy (non-hydrogen) atoms. The molecule has 8 heteroatoms. The number of amides is 2. The maximum absolute atomic E-state index is 14.0. The first-order chi connectivity index (χ1) is 19.5. The second-order valence-corrected chi connectivity index (χ2v) is 11.5. The Kier molecular flexibility index (Phi) is 11.1. The fourth-order valence-corrected chi connectivity index (χ4v) is 5.24. The van der Waals surface area contributed by atoms with Crippen LogP contribution >= 0.6 is 0 Å². The number of hydrogen-bond acceptors (Lipinski definition) is 6. The van der Waals surface area contributed by atoms with Crippen molar-refractivity contribution in [1.29, 1.82) is 0 Å². The molecule has 0 bridgehead atoms. The van der Waals surface area contributed by atoms with Crippen molar-refractivity contribution in [2.24, 2.45) is 0 Å². The van der Waals surface area contributed by atoms with Gasteiger partial charge in [0, 0.05) is 13.5 Å². The molecule has 1 aliphatic rings. The van der Waals surface area contributed by atoms with E-state index < -0.39 is 35.3 Å². The molecule has 0 aromatic heterocycles. The Morgan fingerprint density at radius 2 is 1.68 bits per heavy atom. The van der Waals surface area contributed by atoms with Gasteiger partial charge in [0.15, 0.2) is 0 Å². The Hall–Kier alpha value is -3.65. The molecule has 0 aliphatic carbocycles. The largest absolute Gasteiger partial charge is 0.467 e. The highest BCUT2D eigenvalue weighted by Crippen LogP contribution is 2.40. The van der Waals surface area contributed by atoms with Gasteiger partial charge < -0.3 is 24.4 Å². The van der Waals surface area contributed by atoms with E-state index in [0.717, 1.165) is 36.0 Å². The summed E-state index contributed by atoms with van der Waals surface area (Å²) in [5.41, 5.74) is 1.34. The molecule has 2 amide bonds. The summed E-state index contributed by atoms with van der Waals surface area (Å²) < 4.78 is 16.6. The molecule has 1 aliphatic heterocycles. The van der Waals surface area contributed by atoms with Crippen LogP contribution in [0.3, 0.4) is 0 Å². The van der Waals surface area contributed by atoms with E-state index in [1.165, 1.54) is 12.0 Å². The summed E-state index contributed by atoms with van der Waals surface area (Å²) in [6, 6.07) is 16.3. The number of esters is 1. The van der Waals surface area contributed by atoms with Crippen molar-refractivity contribution in [2.75, 3.05) is 20.8 Å². The minimum atomic E-state index is -0.926. The van der Waals surface area contributed by atoms with Gasteiger partial charge in [-0.1, -0.05) is 73.5 Å². The average molecular weight is 565 g/mol. The van der Waals surface area contributed by atoms with Crippen LogP contribution in [0.2, 0.25) is 0 Å². The standard InChI is InChI=1S/C33H44N2O6/c1-7-8-9-10-14-17-27(34-31(38)41-32(2,3)4)29(36)35-23-33(40-6,22-28(35)30(37)39-5)26-20-18-25(19-21-26)24-15-12-11-13-16-24/h7,11-13,15-16,18-21,27-28H,1,8-10,14,17,22-23H2,2-6H3,(H,34,38)/t27-,28-,33-/m0/s1. The van der Waals surface area contributed by atoms with Crippen molar-refractivity contribution >= 4 is 18.0 Å². The lowest BCUT2D eigenvalue weighted by Crippen LogP contribution is -2.53. The predicted molar refractivity (Wildman–Crippen MR) is 159 cm³/mol. The van der Waals surface area contributed by atoms with Crippen molar-refractivity contribution in [3.05, 3.63) is 72.8 Å². The van der Waals surface area contributed by atoms with E-state index >= 15 is 0 Å². The molecule has 0 unspecified atom stereocenters. The zero-order valence-corrected chi connectivity index (χ0v) is 25.0. The third-order valence-corrected chi connectivity index (χ3v) is 7.38. The highest BCUT2D eigenvalue weighted by atomic mass is 16.6. The molecular formula is C33H44N2O6. The first-order valence-corrected chi connectivity index (χ1v) is 14.2. The topological polar surface area (TPSA) is 94.2 Å². The first-order valence-electron chi connectivity index (χ1n) is 14.2. The van der Waals surface area contributed by atoms with E-state index in [9.17, 15) is 14.4 Å². The number of nitrogens with zero attached hydrogens (tertiary/aromatic N) is 1. The maximum Gasteiger partial charge on any atom is 0.408 e. The minimum absolute atomic E-state index is 0.135. The Morgan fingerprint density at radius 3 is 2.27 bits per heavy atom. The molecule has 3 rings (SSSR count). The molecule has 2 aromatic carbocycles. The summed E-state index contributed by atoms with van der Waals surface area (Å²) in [4.78, 5) is 41.2. The van der Waals surface area contributed by atoms with Crippen LogP contribution in [0.5, 0.6) is 0 Å². The van der Waals surface area contributed by atoms with E-state index in [4.69, 9.17) is 14.2 Å². The Labute approximate surface area is 244 Å². The number of rotatable bonds is 12. The summed E-state index contributed by atoms with van der Waals surface area (Å²) in [6.45, 7) is 9.19. The quantitative estimate of drug-likeness (QED) is 0.193. The number of hydrogen-bond donors (Lipinski definition) is 1. The predicted octanol–water partition coefficient (Wildman–Crippen LogP) is 6.00. The van der Waals surface area contributed by atoms with Gasteiger partial charge in [0.25, 0.3) is 0 Å². The van der Waals surface area contributed by atoms with Crippen molar-refractivity contribution in [3.8, 4) is 11.1 Å². The van der Waals surface area contributed by atoms with E-state index in [2.05, 4.69) is 11.9 Å². The van der Waals surface area contributed by atoms with Crippen LogP contribution in [0.15, 0.2) is 67.3 Å². The zero-order chi connectivity index (χ0) is 30.0. The Morgan fingerprint density at radius 1 is 1.02 bits per heavy atom. The number of carbonyl (C=O) groups excluding carboxylic acids is 3. The van der Waals surface area contributed by atoms with Gasteiger partial charge in [-0.2, -0.15) is 0 Å². The van der Waals surface area contributed by atoms with Crippen molar-refractivity contribution in [3.63, 3.8) is 0 Å². The second-order valence-electron chi connectivity index (χ2n) is 11.5. The van der Waals surface area contributed by atoms with E-state index in [-0.39, 0.29) is 18.9 Å². The molecule has 1 N–H and O–H groups in total. The van der Waals surface area contributed by atoms with Gasteiger partial charge >= 0.3 is 12.1 Å². The van der Waals surface area contributed by atoms with Gasteiger partial charge in [0.05, 0.1) is 13.7 Å². The normalized spacial score (nSPS) is 19.3. The number of ether oxygens (including phenoxy) is 3. The van der Waals surface area contributed by atoms with Gasteiger partial charge in [-0.15, -0.1) is 6.58 Å². The van der Waals surface area contributed by atoms with Gasteiger partial charge in [-0.3, -0.25) is 4.79 Å². The zero-order valence-electron chi connectivity index (χ0n) is 25.0. The highest BCUT2D eigenvalue weighted by molar-refractivity contribution is 5.90. The number of nitrogens with one attached hydrogen (secondary N) is 1. The molecule has 3 atom stereocenters. The summed E-state index contributed by atoms with van der Waals surface area (Å²) in [6.07, 6.45) is 5.24. The lowest BCUT2D eigenvalue weighted by molar-refractivity contribution is -0.151. The van der Waals surface area contributed by atoms with Crippen LogP contribution < -0.4 is 5.32 Å². The van der Waals surface area contributed by atoms with Crippen molar-refractivity contribution in [1.82, 2.24) is 10.2 Å². The molecule has 2 aromatic rings. The highest BCUT2D eigenvalue weighted by Gasteiger charge is 2.51. The molecular weight excluding hydrogens is 520 g/mol. The Bertz CT molecular complexity index is 1170. The average Bonchev–Trinajstić information content (AvgIpc) is 3.36. The summed E-state index contributed by atoms with van der Waals surface area (Å²) >= 11 is 0. The molecule has 1 fully saturated rings. The van der Waals surface area contributed by atoms with Crippen LogP contribution in [0.4, 0.5) is 4.79 Å². The maximum atomic E-state index is 14.0. The molecule has 0 spiro atoms. The molecule has 1 heterocycles. The molecule has 8 nitrogen and oxygen atoms in total. The van der Waals surface area contributed by atoms with E-state index in [0.29, 0.717) is 12.8 Å². The van der Waals surface area contributed by atoms with Crippen LogP contribution in [-0.2, 0) is 29.4 Å². The lowest BCUT2D eigenvalue weighted by Gasteiger charge is -2.31. The van der Waals surface area contributed by atoms with Crippen molar-refractivity contribution in [2.45, 2.75) is 82.6 Å². The second kappa shape index (κ2) is 14.3. The summed E-state index contributed by atoms with van der Waals surface area (Å²) in [5, 5.41) is 2.76. The molecule has 0 saturated carbocycles. The summed E-state index contributed by atoms with van der Waals surface area (Å²) in [5.74, 6) is -0.894. The molecule has 222 valence electrons. The van der Waals surface area contributed by atoms with Crippen LogP contribution in [0.1, 0.15) is 64.9 Å². The molecule has 1 saturated heterocycles. The van der Waals surface area contributed by atoms with E-state index in [1.54, 1.807) is 27.9 Å². The van der Waals surface area contributed by atoms with Gasteiger partial charge in [-0.25, -0.2) is 9.59 Å². The minimum Gasteiger partial charge on any atom is -0.467 e. The monoisotopic (exact) mass is 564 g/mol. The molecule has 0 radical (unpaired) electrons. The van der Waals surface area contributed by atoms with Crippen molar-refractivity contribution < 1.29 is 28.6 Å². The first kappa shape index (κ1) is 31.9. The van der Waals surface area contributed by atoms with Crippen LogP contribution in [0.25, 0.3) is 11.1 Å². The van der Waals surface area contributed by atoms with Gasteiger partial charge in [0.1, 0.15) is 23.3 Å². The third-order valence-electron chi connectivity index (χ3n) is 7.38. The third kappa shape index (κ3) is 8.43. The lowest BCUT2D eigenvalue weighted by atomic mass is 9.89. The van der Waals surface area contributed by atoms with Crippen LogP contribution in [-0.4, -0.2) is 61.3 Å². The number of unbranched alkanes of at least 4 members (excludes halogenated alkanes) is 3. The smallest absolute Gasteiger partial charge is 0.408 e. The number of benzene rings is 2. The number of likely N-dealkylation sites (tertiary alicyclic amines) is 1. The number of alkyl carbamates (subject to hydrolysis) is 1. The van der Waals surface area contributed by atoms with Gasteiger partial charge in [0.2, 0.25) is 5.91 Å². The fraction of sp³-hybridized carbons (Fsp3) is 0.485. The Balaban J connectivity index is 1.88. The number of methoxy groups -OCH3 is 2. The number of carbonyl (C=O) groups is 3.